The topological polar surface area (TPSA) is 52.6 Å². The summed E-state index contributed by atoms with van der Waals surface area (Å²) < 4.78 is 24.3. The van der Waals surface area contributed by atoms with Crippen LogP contribution in [0.2, 0.25) is 0 Å². The van der Waals surface area contributed by atoms with E-state index in [1.54, 1.807) is 24.3 Å². The van der Waals surface area contributed by atoms with Crippen molar-refractivity contribution in [1.29, 1.82) is 0 Å². The Bertz CT molecular complexity index is 518. The van der Waals surface area contributed by atoms with Crippen molar-refractivity contribution in [3.05, 3.63) is 29.8 Å². The van der Waals surface area contributed by atoms with Gasteiger partial charge in [-0.3, -0.25) is 9.32 Å². The molecule has 1 saturated carbocycles. The Balaban J connectivity index is 2.14. The molecule has 0 radical (unpaired) electrons. The Labute approximate surface area is 126 Å². The van der Waals surface area contributed by atoms with Crippen molar-refractivity contribution in [2.45, 2.75) is 51.6 Å². The number of hydrogen-bond donors (Lipinski definition) is 0. The van der Waals surface area contributed by atoms with Crippen LogP contribution in [0.15, 0.2) is 24.3 Å². The van der Waals surface area contributed by atoms with Gasteiger partial charge in [-0.25, -0.2) is 4.57 Å². The van der Waals surface area contributed by atoms with Crippen molar-refractivity contribution >= 4 is 13.4 Å². The first-order valence-corrected chi connectivity index (χ1v) is 9.21. The maximum absolute atomic E-state index is 13.0. The van der Waals surface area contributed by atoms with Crippen LogP contribution in [0.5, 0.6) is 5.75 Å². The van der Waals surface area contributed by atoms with Gasteiger partial charge < -0.3 is 4.52 Å². The predicted molar refractivity (Wildman–Crippen MR) is 83.2 cm³/mol. The zero-order chi connectivity index (χ0) is 15.3. The fourth-order valence-corrected chi connectivity index (χ4v) is 4.87. The highest BCUT2D eigenvalue weighted by Crippen LogP contribution is 2.57. The molecule has 0 aromatic heterocycles. The van der Waals surface area contributed by atoms with Gasteiger partial charge in [0, 0.05) is 5.56 Å². The molecule has 0 amide bonds. The van der Waals surface area contributed by atoms with Crippen LogP contribution >= 0.6 is 7.60 Å². The summed E-state index contributed by atoms with van der Waals surface area (Å²) in [5.41, 5.74) is 0.602. The van der Waals surface area contributed by atoms with Crippen LogP contribution in [-0.2, 0) is 9.09 Å². The van der Waals surface area contributed by atoms with Gasteiger partial charge in [-0.1, -0.05) is 19.3 Å². The first-order chi connectivity index (χ1) is 10.0. The van der Waals surface area contributed by atoms with Crippen LogP contribution in [0, 0.1) is 0 Å². The molecule has 1 fully saturated rings. The average Bonchev–Trinajstić information content (AvgIpc) is 2.49. The minimum Gasteiger partial charge on any atom is -0.424 e. The van der Waals surface area contributed by atoms with Gasteiger partial charge in [0.2, 0.25) is 0 Å². The molecule has 1 atom stereocenters. The summed E-state index contributed by atoms with van der Waals surface area (Å²) in [6.07, 6.45) is 5.13. The van der Waals surface area contributed by atoms with E-state index in [1.165, 1.54) is 13.3 Å². The minimum absolute atomic E-state index is 0.00169. The second kappa shape index (κ2) is 7.24. The molecule has 2 rings (SSSR count). The number of Topliss-reactive ketones (excluding diaryl/α,β-unsaturated/α-hetero) is 1. The largest absolute Gasteiger partial charge is 0.424 e. The summed E-state index contributed by atoms with van der Waals surface area (Å²) in [5.74, 6) is 0.504. The van der Waals surface area contributed by atoms with Crippen molar-refractivity contribution in [3.8, 4) is 5.75 Å². The van der Waals surface area contributed by atoms with Crippen LogP contribution in [0.1, 0.15) is 56.3 Å². The van der Waals surface area contributed by atoms with E-state index in [4.69, 9.17) is 9.05 Å². The second-order valence-corrected chi connectivity index (χ2v) is 7.67. The third-order valence-corrected chi connectivity index (χ3v) is 6.32. The van der Waals surface area contributed by atoms with Gasteiger partial charge in [-0.15, -0.1) is 0 Å². The lowest BCUT2D eigenvalue weighted by atomic mass is 10.0. The fraction of sp³-hybridized carbons (Fsp3) is 0.562. The number of carbonyl (C=O) groups is 1. The molecule has 0 N–H and O–H groups in total. The fourth-order valence-electron chi connectivity index (χ4n) is 2.68. The lowest BCUT2D eigenvalue weighted by Crippen LogP contribution is -2.18. The molecule has 1 aromatic rings. The smallest absolute Gasteiger partial charge is 0.382 e. The molecule has 5 heteroatoms. The molecule has 0 spiro atoms. The van der Waals surface area contributed by atoms with E-state index in [9.17, 15) is 9.36 Å². The Hall–Kier alpha value is -1.12. The molecular formula is C16H23O4P. The molecule has 1 unspecified atom stereocenters. The predicted octanol–water partition coefficient (Wildman–Crippen LogP) is 4.83. The number of rotatable bonds is 6. The molecule has 1 aliphatic carbocycles. The Morgan fingerprint density at radius 3 is 2.33 bits per heavy atom. The van der Waals surface area contributed by atoms with Gasteiger partial charge in [0.1, 0.15) is 5.75 Å². The summed E-state index contributed by atoms with van der Waals surface area (Å²) in [4.78, 5) is 11.3. The monoisotopic (exact) mass is 310 g/mol. The first-order valence-electron chi connectivity index (χ1n) is 7.60. The Kier molecular flexibility index (Phi) is 5.60. The summed E-state index contributed by atoms with van der Waals surface area (Å²) in [6.45, 7) is 3.72. The minimum atomic E-state index is -3.14. The number of ketones is 1. The summed E-state index contributed by atoms with van der Waals surface area (Å²) in [7, 11) is -3.14. The molecule has 21 heavy (non-hydrogen) atoms. The molecule has 0 aliphatic heterocycles. The van der Waals surface area contributed by atoms with E-state index < -0.39 is 7.60 Å². The van der Waals surface area contributed by atoms with Crippen molar-refractivity contribution in [2.75, 3.05) is 6.61 Å². The summed E-state index contributed by atoms with van der Waals surface area (Å²) in [5, 5.41) is 0. The maximum atomic E-state index is 13.0. The average molecular weight is 310 g/mol. The molecule has 0 heterocycles. The highest BCUT2D eigenvalue weighted by atomic mass is 31.2. The number of hydrogen-bond acceptors (Lipinski definition) is 4. The van der Waals surface area contributed by atoms with Crippen LogP contribution in [0.3, 0.4) is 0 Å². The van der Waals surface area contributed by atoms with E-state index in [-0.39, 0.29) is 11.4 Å². The number of benzene rings is 1. The molecule has 1 aromatic carbocycles. The third kappa shape index (κ3) is 4.18. The molecule has 0 bridgehead atoms. The van der Waals surface area contributed by atoms with E-state index in [0.717, 1.165) is 25.7 Å². The van der Waals surface area contributed by atoms with E-state index >= 15 is 0 Å². The van der Waals surface area contributed by atoms with Crippen LogP contribution in [0.25, 0.3) is 0 Å². The molecule has 4 nitrogen and oxygen atoms in total. The highest BCUT2D eigenvalue weighted by molar-refractivity contribution is 7.55. The van der Waals surface area contributed by atoms with E-state index in [1.807, 2.05) is 6.92 Å². The van der Waals surface area contributed by atoms with Crippen LogP contribution in [0.4, 0.5) is 0 Å². The molecule has 116 valence electrons. The third-order valence-electron chi connectivity index (χ3n) is 3.82. The first kappa shape index (κ1) is 16.3. The van der Waals surface area contributed by atoms with Crippen LogP contribution < -0.4 is 4.52 Å². The SMILES string of the molecule is CCOP(=O)(Oc1ccc(C(C)=O)cc1)C1CCCCC1. The lowest BCUT2D eigenvalue weighted by Gasteiger charge is -2.29. The van der Waals surface area contributed by atoms with Gasteiger partial charge in [-0.2, -0.15) is 0 Å². The van der Waals surface area contributed by atoms with Gasteiger partial charge in [0.25, 0.3) is 0 Å². The standard InChI is InChI=1S/C16H23O4P/c1-3-19-21(18,16-7-5-4-6-8-16)20-15-11-9-14(10-12-15)13(2)17/h9-12,16H,3-8H2,1-2H3. The second-order valence-electron chi connectivity index (χ2n) is 5.42. The molecule has 1 aliphatic rings. The van der Waals surface area contributed by atoms with Gasteiger partial charge in [-0.05, 0) is 51.0 Å². The van der Waals surface area contributed by atoms with Crippen molar-refractivity contribution in [1.82, 2.24) is 0 Å². The van der Waals surface area contributed by atoms with Crippen molar-refractivity contribution in [3.63, 3.8) is 0 Å². The molecular weight excluding hydrogens is 287 g/mol. The van der Waals surface area contributed by atoms with Crippen LogP contribution in [-0.4, -0.2) is 18.0 Å². The highest BCUT2D eigenvalue weighted by Gasteiger charge is 2.37. The zero-order valence-electron chi connectivity index (χ0n) is 12.7. The van der Waals surface area contributed by atoms with Gasteiger partial charge >= 0.3 is 7.60 Å². The van der Waals surface area contributed by atoms with E-state index in [0.29, 0.717) is 17.9 Å². The van der Waals surface area contributed by atoms with Crippen molar-refractivity contribution in [2.24, 2.45) is 0 Å². The maximum Gasteiger partial charge on any atom is 0.382 e. The Morgan fingerprint density at radius 1 is 1.19 bits per heavy atom. The normalized spacial score (nSPS) is 19.0. The Morgan fingerprint density at radius 2 is 1.81 bits per heavy atom. The molecule has 0 saturated heterocycles. The quantitative estimate of drug-likeness (QED) is 0.558. The number of carbonyl (C=O) groups excluding carboxylic acids is 1. The van der Waals surface area contributed by atoms with Crippen molar-refractivity contribution < 1.29 is 18.4 Å². The van der Waals surface area contributed by atoms with Gasteiger partial charge in [0.15, 0.2) is 5.78 Å². The lowest BCUT2D eigenvalue weighted by molar-refractivity contribution is 0.101. The zero-order valence-corrected chi connectivity index (χ0v) is 13.6. The van der Waals surface area contributed by atoms with Gasteiger partial charge in [0.05, 0.1) is 12.3 Å². The summed E-state index contributed by atoms with van der Waals surface area (Å²) >= 11 is 0. The summed E-state index contributed by atoms with van der Waals surface area (Å²) in [6, 6.07) is 6.75. The van der Waals surface area contributed by atoms with E-state index in [2.05, 4.69) is 0 Å².